The van der Waals surface area contributed by atoms with E-state index in [4.69, 9.17) is 4.84 Å². The van der Waals surface area contributed by atoms with Crippen LogP contribution in [-0.2, 0) is 21.5 Å². The summed E-state index contributed by atoms with van der Waals surface area (Å²) in [5.41, 5.74) is 2.57. The summed E-state index contributed by atoms with van der Waals surface area (Å²) in [5, 5.41) is 8.17. The van der Waals surface area contributed by atoms with Crippen LogP contribution in [0.4, 0.5) is 5.69 Å². The highest BCUT2D eigenvalue weighted by atomic mass is 79.9. The summed E-state index contributed by atoms with van der Waals surface area (Å²) < 4.78 is 2.56. The number of hydrogen-bond donors (Lipinski definition) is 0. The van der Waals surface area contributed by atoms with Crippen LogP contribution in [0, 0.1) is 12.8 Å². The molecule has 24 heavy (non-hydrogen) atoms. The lowest BCUT2D eigenvalue weighted by molar-refractivity contribution is -0.126. The topological polar surface area (TPSA) is 76.8 Å². The molecule has 1 aromatic heterocycles. The quantitative estimate of drug-likeness (QED) is 0.734. The van der Waals surface area contributed by atoms with Gasteiger partial charge in [-0.1, -0.05) is 21.1 Å². The maximum absolute atomic E-state index is 12.9. The fourth-order valence-electron chi connectivity index (χ4n) is 3.00. The summed E-state index contributed by atoms with van der Waals surface area (Å²) in [6, 6.07) is 7.00. The van der Waals surface area contributed by atoms with Gasteiger partial charge in [0, 0.05) is 22.8 Å². The summed E-state index contributed by atoms with van der Waals surface area (Å²) in [6.07, 6.45) is 0.732. The molecule has 2 atom stereocenters. The Morgan fingerprint density at radius 3 is 2.50 bits per heavy atom. The lowest BCUT2D eigenvalue weighted by atomic mass is 9.94. The minimum absolute atomic E-state index is 0.327. The predicted octanol–water partition coefficient (Wildman–Crippen LogP) is 1.78. The van der Waals surface area contributed by atoms with Gasteiger partial charge in [-0.3, -0.25) is 14.3 Å². The van der Waals surface area contributed by atoms with Gasteiger partial charge in [0.15, 0.2) is 0 Å². The fourth-order valence-corrected chi connectivity index (χ4v) is 3.26. The smallest absolute Gasteiger partial charge is 0.278 e. The van der Waals surface area contributed by atoms with Crippen molar-refractivity contribution in [2.75, 3.05) is 4.90 Å². The van der Waals surface area contributed by atoms with Gasteiger partial charge in [0.05, 0.1) is 11.9 Å². The molecule has 1 fully saturated rings. The third-order valence-electron chi connectivity index (χ3n) is 4.41. The van der Waals surface area contributed by atoms with Crippen LogP contribution in [0.15, 0.2) is 40.1 Å². The number of hydrogen-bond acceptors (Lipinski definition) is 5. The fraction of sp³-hybridized carbons (Fsp3) is 0.250. The molecule has 4 rings (SSSR count). The molecule has 2 aromatic rings. The number of anilines is 1. The van der Waals surface area contributed by atoms with E-state index in [1.807, 2.05) is 14.0 Å². The van der Waals surface area contributed by atoms with E-state index in [2.05, 4.69) is 26.2 Å². The van der Waals surface area contributed by atoms with Crippen molar-refractivity contribution in [2.24, 2.45) is 18.1 Å². The highest BCUT2D eigenvalue weighted by Gasteiger charge is 2.56. The Morgan fingerprint density at radius 1 is 1.17 bits per heavy atom. The molecule has 7 nitrogen and oxygen atoms in total. The van der Waals surface area contributed by atoms with Gasteiger partial charge in [0.2, 0.25) is 12.0 Å². The average molecular weight is 389 g/mol. The maximum Gasteiger partial charge on any atom is 0.278 e. The number of aryl methyl sites for hydroxylation is 1. The van der Waals surface area contributed by atoms with Crippen molar-refractivity contribution >= 4 is 39.1 Å². The lowest BCUT2D eigenvalue weighted by Gasteiger charge is -2.15. The number of fused-ring (bicyclic) bond motifs is 1. The summed E-state index contributed by atoms with van der Waals surface area (Å²) in [7, 11) is 1.81. The molecule has 0 aliphatic carbocycles. The second-order valence-corrected chi connectivity index (χ2v) is 6.65. The molecular formula is C16H13BrN4O3. The van der Waals surface area contributed by atoms with Crippen LogP contribution in [0.2, 0.25) is 0 Å². The first-order chi connectivity index (χ1) is 11.5. The highest BCUT2D eigenvalue weighted by Crippen LogP contribution is 2.35. The van der Waals surface area contributed by atoms with Crippen molar-refractivity contribution in [1.82, 2.24) is 9.78 Å². The van der Waals surface area contributed by atoms with Crippen molar-refractivity contribution in [3.05, 3.63) is 46.2 Å². The standard InChI is InChI=1S/C16H13BrN4O3/c1-8-11(7-18-20(8)2)13-12-14(24-19-13)16(23)21(15(12)22)10-5-3-9(17)4-6-10/h3-7,12,14H,1-2H3. The lowest BCUT2D eigenvalue weighted by Crippen LogP contribution is -2.33. The van der Waals surface area contributed by atoms with Crippen LogP contribution in [0.5, 0.6) is 0 Å². The molecule has 122 valence electrons. The number of carbonyl (C=O) groups excluding carboxylic acids is 2. The van der Waals surface area contributed by atoms with Gasteiger partial charge in [0.25, 0.3) is 5.91 Å². The van der Waals surface area contributed by atoms with Gasteiger partial charge < -0.3 is 4.84 Å². The first-order valence-corrected chi connectivity index (χ1v) is 8.14. The van der Waals surface area contributed by atoms with Gasteiger partial charge >= 0.3 is 0 Å². The number of halogens is 1. The summed E-state index contributed by atoms with van der Waals surface area (Å²) in [5.74, 6) is -1.46. The Bertz CT molecular complexity index is 887. The van der Waals surface area contributed by atoms with Crippen LogP contribution >= 0.6 is 15.9 Å². The molecule has 2 aliphatic heterocycles. The van der Waals surface area contributed by atoms with Gasteiger partial charge in [-0.25, -0.2) is 4.90 Å². The van der Waals surface area contributed by atoms with Crippen LogP contribution in [-0.4, -0.2) is 33.4 Å². The maximum atomic E-state index is 12.9. The number of imide groups is 1. The number of rotatable bonds is 2. The molecule has 0 bridgehead atoms. The number of amides is 2. The van der Waals surface area contributed by atoms with Crippen LogP contribution in [0.3, 0.4) is 0 Å². The molecule has 2 amide bonds. The molecule has 0 spiro atoms. The number of aromatic nitrogens is 2. The normalized spacial score (nSPS) is 22.6. The van der Waals surface area contributed by atoms with Gasteiger partial charge in [-0.05, 0) is 31.2 Å². The molecule has 1 aromatic carbocycles. The molecule has 0 radical (unpaired) electrons. The predicted molar refractivity (Wildman–Crippen MR) is 89.5 cm³/mol. The van der Waals surface area contributed by atoms with Gasteiger partial charge in [0.1, 0.15) is 11.6 Å². The van der Waals surface area contributed by atoms with E-state index in [9.17, 15) is 9.59 Å². The molecule has 2 aliphatic rings. The van der Waals surface area contributed by atoms with Crippen LogP contribution in [0.25, 0.3) is 0 Å². The van der Waals surface area contributed by atoms with E-state index in [1.54, 1.807) is 35.1 Å². The van der Waals surface area contributed by atoms with Crippen molar-refractivity contribution in [2.45, 2.75) is 13.0 Å². The number of benzene rings is 1. The number of oxime groups is 1. The van der Waals surface area contributed by atoms with Gasteiger partial charge in [-0.2, -0.15) is 5.10 Å². The Morgan fingerprint density at radius 2 is 1.88 bits per heavy atom. The third kappa shape index (κ3) is 2.02. The second-order valence-electron chi connectivity index (χ2n) is 5.74. The summed E-state index contributed by atoms with van der Waals surface area (Å²) in [6.45, 7) is 1.88. The van der Waals surface area contributed by atoms with E-state index in [-0.39, 0.29) is 5.91 Å². The molecule has 8 heteroatoms. The zero-order valence-corrected chi connectivity index (χ0v) is 14.5. The first-order valence-electron chi connectivity index (χ1n) is 7.35. The molecular weight excluding hydrogens is 376 g/mol. The minimum Gasteiger partial charge on any atom is -0.381 e. The Kier molecular flexibility index (Phi) is 3.31. The van der Waals surface area contributed by atoms with E-state index in [0.29, 0.717) is 11.4 Å². The zero-order valence-electron chi connectivity index (χ0n) is 12.9. The molecule has 1 saturated heterocycles. The first kappa shape index (κ1) is 15.1. The van der Waals surface area contributed by atoms with Crippen molar-refractivity contribution in [3.63, 3.8) is 0 Å². The van der Waals surface area contributed by atoms with Crippen molar-refractivity contribution in [3.8, 4) is 0 Å². The van der Waals surface area contributed by atoms with Crippen molar-refractivity contribution < 1.29 is 14.4 Å². The molecule has 2 unspecified atom stereocenters. The Labute approximate surface area is 146 Å². The Hall–Kier alpha value is -2.48. The monoisotopic (exact) mass is 388 g/mol. The average Bonchev–Trinajstić information content (AvgIpc) is 3.20. The van der Waals surface area contributed by atoms with Crippen molar-refractivity contribution in [1.29, 1.82) is 0 Å². The number of nitrogens with zero attached hydrogens (tertiary/aromatic N) is 4. The summed E-state index contributed by atoms with van der Waals surface area (Å²) in [4.78, 5) is 32.0. The molecule has 0 saturated carbocycles. The Balaban J connectivity index is 1.72. The largest absolute Gasteiger partial charge is 0.381 e. The van der Waals surface area contributed by atoms with E-state index < -0.39 is 17.9 Å². The highest BCUT2D eigenvalue weighted by molar-refractivity contribution is 9.10. The van der Waals surface area contributed by atoms with E-state index in [0.717, 1.165) is 15.7 Å². The minimum atomic E-state index is -0.907. The van der Waals surface area contributed by atoms with Crippen LogP contribution in [0.1, 0.15) is 11.3 Å². The van der Waals surface area contributed by atoms with Gasteiger partial charge in [-0.15, -0.1) is 0 Å². The number of carbonyl (C=O) groups is 2. The molecule has 0 N–H and O–H groups in total. The van der Waals surface area contributed by atoms with Crippen LogP contribution < -0.4 is 4.90 Å². The molecule has 3 heterocycles. The third-order valence-corrected chi connectivity index (χ3v) is 4.94. The second kappa shape index (κ2) is 5.27. The SMILES string of the molecule is Cc1c(C2=NOC3C(=O)N(c4ccc(Br)cc4)C(=O)C23)cnn1C. The van der Waals surface area contributed by atoms with E-state index >= 15 is 0 Å². The summed E-state index contributed by atoms with van der Waals surface area (Å²) >= 11 is 3.34. The zero-order chi connectivity index (χ0) is 17.0. The van der Waals surface area contributed by atoms with E-state index in [1.165, 1.54) is 4.90 Å².